The number of aromatic hydroxyl groups is 1. The summed E-state index contributed by atoms with van der Waals surface area (Å²) in [7, 11) is 0. The monoisotopic (exact) mass is 301 g/mol. The Labute approximate surface area is 126 Å². The van der Waals surface area contributed by atoms with Crippen molar-refractivity contribution < 1.29 is 14.8 Å². The largest absolute Gasteiger partial charge is 0.506 e. The molecule has 0 bridgehead atoms. The Bertz CT molecular complexity index is 744. The number of carbonyl (C=O) groups excluding carboxylic acids is 1. The summed E-state index contributed by atoms with van der Waals surface area (Å²) >= 11 is 0. The van der Waals surface area contributed by atoms with Crippen molar-refractivity contribution in [2.24, 2.45) is 0 Å². The molecule has 1 amide bonds. The Kier molecular flexibility index (Phi) is 4.26. The number of nitro benzene ring substituents is 1. The number of benzene rings is 2. The normalized spacial score (nSPS) is 10.2. The van der Waals surface area contributed by atoms with Crippen LogP contribution in [0.1, 0.15) is 22.8 Å². The number of nitrogens with zero attached hydrogens (tertiary/aromatic N) is 1. The molecule has 7 heteroatoms. The first-order chi connectivity index (χ1) is 10.4. The molecule has 0 saturated heterocycles. The first-order valence-corrected chi connectivity index (χ1v) is 6.59. The van der Waals surface area contributed by atoms with Crippen molar-refractivity contribution in [3.63, 3.8) is 0 Å². The molecular weight excluding hydrogens is 286 g/mol. The number of phenols is 1. The maximum absolute atomic E-state index is 12.2. The Balaban J connectivity index is 2.27. The molecule has 0 spiro atoms. The molecule has 2 aromatic carbocycles. The van der Waals surface area contributed by atoms with Gasteiger partial charge in [0.1, 0.15) is 5.75 Å². The third kappa shape index (κ3) is 3.14. The highest BCUT2D eigenvalue weighted by molar-refractivity contribution is 6.08. The second kappa shape index (κ2) is 6.13. The third-order valence-electron chi connectivity index (χ3n) is 3.21. The Hall–Kier alpha value is -3.09. The summed E-state index contributed by atoms with van der Waals surface area (Å²) in [5, 5.41) is 22.9. The number of phenolic OH excluding ortho intramolecular Hbond substituents is 1. The van der Waals surface area contributed by atoms with Gasteiger partial charge in [-0.25, -0.2) is 0 Å². The zero-order valence-corrected chi connectivity index (χ0v) is 11.9. The van der Waals surface area contributed by atoms with Crippen molar-refractivity contribution in [1.82, 2.24) is 0 Å². The molecule has 0 aromatic heterocycles. The minimum Gasteiger partial charge on any atom is -0.506 e. The number of non-ortho nitro benzene ring substituents is 1. The van der Waals surface area contributed by atoms with E-state index in [1.807, 2.05) is 13.0 Å². The topological polar surface area (TPSA) is 118 Å². The van der Waals surface area contributed by atoms with Gasteiger partial charge in [0.25, 0.3) is 11.6 Å². The van der Waals surface area contributed by atoms with Crippen LogP contribution in [-0.4, -0.2) is 15.9 Å². The number of hydrogen-bond donors (Lipinski definition) is 3. The van der Waals surface area contributed by atoms with Crippen LogP contribution in [0.25, 0.3) is 0 Å². The summed E-state index contributed by atoms with van der Waals surface area (Å²) < 4.78 is 0. The van der Waals surface area contributed by atoms with Gasteiger partial charge < -0.3 is 16.2 Å². The molecule has 0 aliphatic carbocycles. The molecule has 0 atom stereocenters. The minimum absolute atomic E-state index is 0.0805. The second-order valence-corrected chi connectivity index (χ2v) is 4.69. The van der Waals surface area contributed by atoms with E-state index in [2.05, 4.69) is 5.32 Å². The molecule has 0 aliphatic heterocycles. The van der Waals surface area contributed by atoms with Crippen molar-refractivity contribution in [2.75, 3.05) is 11.1 Å². The molecule has 7 nitrogen and oxygen atoms in total. The van der Waals surface area contributed by atoms with E-state index in [-0.39, 0.29) is 22.7 Å². The SMILES string of the molecule is CCc1ccc(N)c(C(=O)Nc2ccc([N+](=O)[O-])cc2O)c1. The Morgan fingerprint density at radius 1 is 1.32 bits per heavy atom. The summed E-state index contributed by atoms with van der Waals surface area (Å²) in [4.78, 5) is 22.2. The van der Waals surface area contributed by atoms with E-state index in [1.54, 1.807) is 12.1 Å². The van der Waals surface area contributed by atoms with Crippen molar-refractivity contribution >= 4 is 23.0 Å². The van der Waals surface area contributed by atoms with Gasteiger partial charge in [-0.05, 0) is 30.2 Å². The van der Waals surface area contributed by atoms with Crippen LogP contribution < -0.4 is 11.1 Å². The van der Waals surface area contributed by atoms with E-state index in [0.717, 1.165) is 18.1 Å². The molecule has 114 valence electrons. The fourth-order valence-corrected chi connectivity index (χ4v) is 1.95. The van der Waals surface area contributed by atoms with Gasteiger partial charge in [-0.15, -0.1) is 0 Å². The summed E-state index contributed by atoms with van der Waals surface area (Å²) in [6.07, 6.45) is 0.753. The number of nitrogens with two attached hydrogens (primary N) is 1. The highest BCUT2D eigenvalue weighted by atomic mass is 16.6. The first kappa shape index (κ1) is 15.3. The molecular formula is C15H15N3O4. The summed E-state index contributed by atoms with van der Waals surface area (Å²) in [5.41, 5.74) is 7.16. The molecule has 0 fully saturated rings. The van der Waals surface area contributed by atoms with Gasteiger partial charge in [-0.2, -0.15) is 0 Å². The molecule has 22 heavy (non-hydrogen) atoms. The quantitative estimate of drug-likeness (QED) is 0.347. The number of aryl methyl sites for hydroxylation is 1. The summed E-state index contributed by atoms with van der Waals surface area (Å²) in [5.74, 6) is -0.871. The Morgan fingerprint density at radius 2 is 2.05 bits per heavy atom. The van der Waals surface area contributed by atoms with E-state index in [9.17, 15) is 20.0 Å². The fourth-order valence-electron chi connectivity index (χ4n) is 1.95. The van der Waals surface area contributed by atoms with Crippen molar-refractivity contribution in [3.8, 4) is 5.75 Å². The predicted molar refractivity (Wildman–Crippen MR) is 82.9 cm³/mol. The van der Waals surface area contributed by atoms with E-state index < -0.39 is 10.8 Å². The Morgan fingerprint density at radius 3 is 2.64 bits per heavy atom. The zero-order chi connectivity index (χ0) is 16.3. The van der Waals surface area contributed by atoms with Gasteiger partial charge in [0.2, 0.25) is 0 Å². The molecule has 0 aliphatic rings. The summed E-state index contributed by atoms with van der Waals surface area (Å²) in [6.45, 7) is 1.95. The maximum atomic E-state index is 12.2. The number of nitrogens with one attached hydrogen (secondary N) is 1. The maximum Gasteiger partial charge on any atom is 0.273 e. The average Bonchev–Trinajstić information content (AvgIpc) is 2.49. The number of carbonyl (C=O) groups is 1. The van der Waals surface area contributed by atoms with Gasteiger partial charge in [0, 0.05) is 11.8 Å². The smallest absolute Gasteiger partial charge is 0.273 e. The number of nitro groups is 1. The van der Waals surface area contributed by atoms with Crippen molar-refractivity contribution in [2.45, 2.75) is 13.3 Å². The van der Waals surface area contributed by atoms with Crippen LogP contribution >= 0.6 is 0 Å². The molecule has 0 radical (unpaired) electrons. The standard InChI is InChI=1S/C15H15N3O4/c1-2-9-3-5-12(16)11(7-9)15(20)17-13-6-4-10(18(21)22)8-14(13)19/h3-8,19H,2,16H2,1H3,(H,17,20). The molecule has 2 rings (SSSR count). The first-order valence-electron chi connectivity index (χ1n) is 6.59. The lowest BCUT2D eigenvalue weighted by Gasteiger charge is -2.10. The van der Waals surface area contributed by atoms with Crippen molar-refractivity contribution in [3.05, 3.63) is 57.6 Å². The lowest BCUT2D eigenvalue weighted by molar-refractivity contribution is -0.384. The lowest BCUT2D eigenvalue weighted by Crippen LogP contribution is -2.14. The van der Waals surface area contributed by atoms with Crippen LogP contribution in [0.5, 0.6) is 5.75 Å². The number of amides is 1. The van der Waals surface area contributed by atoms with E-state index in [0.29, 0.717) is 5.69 Å². The van der Waals surface area contributed by atoms with Crippen LogP contribution in [0.15, 0.2) is 36.4 Å². The number of anilines is 2. The number of nitrogen functional groups attached to an aromatic ring is 1. The average molecular weight is 301 g/mol. The number of hydrogen-bond acceptors (Lipinski definition) is 5. The van der Waals surface area contributed by atoms with E-state index in [4.69, 9.17) is 5.73 Å². The molecule has 4 N–H and O–H groups in total. The van der Waals surface area contributed by atoms with Crippen LogP contribution in [0, 0.1) is 10.1 Å². The highest BCUT2D eigenvalue weighted by Gasteiger charge is 2.15. The number of rotatable bonds is 4. The molecule has 2 aromatic rings. The zero-order valence-electron chi connectivity index (χ0n) is 11.9. The molecule has 0 heterocycles. The van der Waals surface area contributed by atoms with Crippen LogP contribution in [0.2, 0.25) is 0 Å². The van der Waals surface area contributed by atoms with Gasteiger partial charge >= 0.3 is 0 Å². The molecule has 0 saturated carbocycles. The van der Waals surface area contributed by atoms with Crippen LogP contribution in [-0.2, 0) is 6.42 Å². The third-order valence-corrected chi connectivity index (χ3v) is 3.21. The lowest BCUT2D eigenvalue weighted by atomic mass is 10.1. The highest BCUT2D eigenvalue weighted by Crippen LogP contribution is 2.28. The van der Waals surface area contributed by atoms with Crippen LogP contribution in [0.3, 0.4) is 0 Å². The van der Waals surface area contributed by atoms with Crippen LogP contribution in [0.4, 0.5) is 17.1 Å². The van der Waals surface area contributed by atoms with Gasteiger partial charge in [0.05, 0.1) is 22.2 Å². The minimum atomic E-state index is -0.631. The van der Waals surface area contributed by atoms with Gasteiger partial charge in [-0.1, -0.05) is 13.0 Å². The predicted octanol–water partition coefficient (Wildman–Crippen LogP) is 2.70. The summed E-state index contributed by atoms with van der Waals surface area (Å²) in [6, 6.07) is 8.58. The van der Waals surface area contributed by atoms with Crippen molar-refractivity contribution in [1.29, 1.82) is 0 Å². The van der Waals surface area contributed by atoms with Gasteiger partial charge in [-0.3, -0.25) is 14.9 Å². The second-order valence-electron chi connectivity index (χ2n) is 4.69. The molecule has 0 unspecified atom stereocenters. The van der Waals surface area contributed by atoms with Gasteiger partial charge in [0.15, 0.2) is 0 Å². The fraction of sp³-hybridized carbons (Fsp3) is 0.133. The van der Waals surface area contributed by atoms with E-state index >= 15 is 0 Å². The van der Waals surface area contributed by atoms with E-state index in [1.165, 1.54) is 12.1 Å².